The molecule has 0 bridgehead atoms. The molecule has 0 atom stereocenters. The summed E-state index contributed by atoms with van der Waals surface area (Å²) in [5.41, 5.74) is 5.40. The Bertz CT molecular complexity index is 3990. The summed E-state index contributed by atoms with van der Waals surface area (Å²) in [6.45, 7) is 30.8. The number of rotatable bonds is 24. The van der Waals surface area contributed by atoms with Gasteiger partial charge in [-0.1, -0.05) is 135 Å². The fourth-order valence-electron chi connectivity index (χ4n) is 9.51. The number of anilines is 4. The molecule has 0 radical (unpaired) electrons. The predicted molar refractivity (Wildman–Crippen MR) is 390 cm³/mol. The molecule has 4 N–H and O–H groups in total. The number of hydrogen-bond acceptors (Lipinski definition) is 20. The first-order chi connectivity index (χ1) is 43.5. The van der Waals surface area contributed by atoms with Crippen LogP contribution >= 0.6 is 45.3 Å². The van der Waals surface area contributed by atoms with Crippen molar-refractivity contribution in [3.63, 3.8) is 0 Å². The second kappa shape index (κ2) is 33.7. The topological polar surface area (TPSA) is 305 Å². The summed E-state index contributed by atoms with van der Waals surface area (Å²) >= 11 is 5.50. The van der Waals surface area contributed by atoms with Gasteiger partial charge in [-0.15, -0.1) is 45.3 Å². The number of hydrogen-bond donors (Lipinski definition) is 4. The van der Waals surface area contributed by atoms with Crippen LogP contribution in [0.4, 0.5) is 20.5 Å². The lowest BCUT2D eigenvalue weighted by molar-refractivity contribution is -0.118. The number of benzene rings is 2. The number of thiazole rings is 4. The van der Waals surface area contributed by atoms with E-state index in [1.165, 1.54) is 120 Å². The molecule has 1 saturated carbocycles. The maximum absolute atomic E-state index is 12.6. The minimum atomic E-state index is -3.53. The van der Waals surface area contributed by atoms with Crippen LogP contribution in [0.3, 0.4) is 0 Å². The number of carbonyl (C=O) groups excluding carboxylic acids is 4. The maximum Gasteiger partial charge on any atom is 0.247 e. The Labute approximate surface area is 575 Å². The van der Waals surface area contributed by atoms with E-state index in [1.54, 1.807) is 27.7 Å². The van der Waals surface area contributed by atoms with Crippen molar-refractivity contribution >= 4 is 129 Å². The SMILES string of the molecule is CCCS(=O)(=O)C(C)(C)C(=O)Nc1nc(-c2ccccc2)c(C)s1.CCCS(=O)(=O)C(C)(C)C(=O)Nc1nc(-c2ccccc2)c(CC)s1.CCCS(=O)(=O)C(C)(C)C(=O)Nc1nc(C)c(C(C)(C)C)s1.CCCS(=O)(=O)C(C)(C)C(=O)Nc1nc(C2CCCCC2)cs1. The molecule has 1 aliphatic rings. The number of nitrogens with zero attached hydrogens (tertiary/aromatic N) is 4. The highest BCUT2D eigenvalue weighted by Crippen LogP contribution is 2.38. The molecule has 7 rings (SSSR count). The second-order valence-electron chi connectivity index (χ2n) is 26.0. The van der Waals surface area contributed by atoms with Gasteiger partial charge in [0.15, 0.2) is 59.9 Å². The first-order valence-electron chi connectivity index (χ1n) is 31.7. The zero-order chi connectivity index (χ0) is 71.1. The normalized spacial score (nSPS) is 13.6. The molecule has 28 heteroatoms. The Morgan fingerprint density at radius 3 is 1.17 bits per heavy atom. The van der Waals surface area contributed by atoms with E-state index in [0.29, 0.717) is 52.1 Å². The molecule has 2 aromatic carbocycles. The average molecular weight is 1450 g/mol. The first-order valence-corrected chi connectivity index (χ1v) is 41.6. The largest absolute Gasteiger partial charge is 0.301 e. The molecular weight excluding hydrogens is 1350 g/mol. The summed E-state index contributed by atoms with van der Waals surface area (Å²) in [6, 6.07) is 19.4. The Morgan fingerprint density at radius 1 is 0.457 bits per heavy atom. The van der Waals surface area contributed by atoms with Crippen LogP contribution in [0.1, 0.15) is 201 Å². The zero-order valence-electron chi connectivity index (χ0n) is 57.8. The van der Waals surface area contributed by atoms with Gasteiger partial charge in [0.25, 0.3) is 0 Å². The van der Waals surface area contributed by atoms with Crippen LogP contribution in [0.2, 0.25) is 0 Å². The minimum absolute atomic E-state index is 0.00242. The predicted octanol–water partition coefficient (Wildman–Crippen LogP) is 14.6. The van der Waals surface area contributed by atoms with Crippen molar-refractivity contribution in [3.8, 4) is 22.5 Å². The van der Waals surface area contributed by atoms with Crippen LogP contribution in [0, 0.1) is 13.8 Å². The fraction of sp³-hybridized carbons (Fsp3) is 0.576. The molecule has 4 amide bonds. The van der Waals surface area contributed by atoms with Gasteiger partial charge in [0.2, 0.25) is 23.6 Å². The molecule has 20 nitrogen and oxygen atoms in total. The monoisotopic (exact) mass is 1450 g/mol. The lowest BCUT2D eigenvalue weighted by Crippen LogP contribution is -2.45. The van der Waals surface area contributed by atoms with Crippen LogP contribution < -0.4 is 21.3 Å². The van der Waals surface area contributed by atoms with Crippen molar-refractivity contribution < 1.29 is 52.8 Å². The van der Waals surface area contributed by atoms with Gasteiger partial charge in [0.1, 0.15) is 19.0 Å². The molecule has 0 saturated heterocycles. The highest BCUT2D eigenvalue weighted by Gasteiger charge is 2.45. The zero-order valence-corrected chi connectivity index (χ0v) is 64.3. The van der Waals surface area contributed by atoms with Gasteiger partial charge in [0, 0.05) is 37.1 Å². The standard InChI is InChI=1S/C18H24N2O3S2.C17H22N2O3S2.C16H26N2O3S2.C15H26N2O3S2/c1-5-12-25(22,23)18(3,4)16(21)20-17-19-15(14(6-2)24-17)13-10-8-7-9-11-13;1-5-11-24(21,22)17(3,4)15(20)19-16-18-14(12(2)23-16)13-9-7-6-8-10-13;1-4-10-23(20,21)16(2,3)14(19)18-15-17-13(11-22-15)12-8-6-5-7-9-12;1-8-9-22(19,20)15(6,7)12(18)17-13-16-10(2)11(21-13)14(3,4)5/h7-11H,5-6,12H2,1-4H3,(H,19,20,21);6-10H,5,11H2,1-4H3,(H,18,19,20);11-12H,4-10H2,1-3H3,(H,17,18,19);8-9H2,1-7H3,(H,16,17,18). The molecule has 1 aliphatic carbocycles. The Hall–Kier alpha value is -5.36. The van der Waals surface area contributed by atoms with Crippen LogP contribution in [0.15, 0.2) is 66.0 Å². The van der Waals surface area contributed by atoms with Crippen LogP contribution in [0.25, 0.3) is 22.5 Å². The van der Waals surface area contributed by atoms with Crippen molar-refractivity contribution in [1.29, 1.82) is 0 Å². The van der Waals surface area contributed by atoms with E-state index in [-0.39, 0.29) is 28.4 Å². The maximum atomic E-state index is 12.6. The molecule has 0 unspecified atom stereocenters. The Morgan fingerprint density at radius 2 is 0.809 bits per heavy atom. The summed E-state index contributed by atoms with van der Waals surface area (Å²) < 4.78 is 92.4. The van der Waals surface area contributed by atoms with Gasteiger partial charge in [-0.3, -0.25) is 19.2 Å². The molecule has 94 heavy (non-hydrogen) atoms. The van der Waals surface area contributed by atoms with Gasteiger partial charge in [-0.25, -0.2) is 53.6 Å². The first kappa shape index (κ1) is 81.1. The summed E-state index contributed by atoms with van der Waals surface area (Å²) in [5.74, 6) is -1.68. The van der Waals surface area contributed by atoms with Crippen molar-refractivity contribution in [2.45, 2.75) is 219 Å². The van der Waals surface area contributed by atoms with Crippen molar-refractivity contribution in [3.05, 3.63) is 92.1 Å². The lowest BCUT2D eigenvalue weighted by Gasteiger charge is -2.23. The summed E-state index contributed by atoms with van der Waals surface area (Å²) in [4.78, 5) is 70.8. The van der Waals surface area contributed by atoms with Gasteiger partial charge in [-0.05, 0) is 120 Å². The van der Waals surface area contributed by atoms with Gasteiger partial charge < -0.3 is 21.3 Å². The molecule has 522 valence electrons. The third kappa shape index (κ3) is 20.6. The smallest absolute Gasteiger partial charge is 0.247 e. The van der Waals surface area contributed by atoms with Crippen molar-refractivity contribution in [2.24, 2.45) is 0 Å². The Kier molecular flexibility index (Phi) is 29.1. The van der Waals surface area contributed by atoms with E-state index >= 15 is 0 Å². The van der Waals surface area contributed by atoms with Crippen LogP contribution in [-0.4, -0.2) is 119 Å². The molecule has 4 aromatic heterocycles. The number of nitrogens with one attached hydrogen (secondary N) is 4. The molecule has 0 aliphatic heterocycles. The van der Waals surface area contributed by atoms with Crippen LogP contribution in [-0.2, 0) is 70.4 Å². The highest BCUT2D eigenvalue weighted by atomic mass is 32.2. The number of aryl methyl sites for hydroxylation is 3. The van der Waals surface area contributed by atoms with E-state index in [9.17, 15) is 52.8 Å². The molecular formula is C66H98N8O12S8. The van der Waals surface area contributed by atoms with Crippen molar-refractivity contribution in [2.75, 3.05) is 44.3 Å². The summed E-state index contributed by atoms with van der Waals surface area (Å²) in [6.07, 6.45) is 8.77. The van der Waals surface area contributed by atoms with E-state index in [1.807, 2.05) is 86.8 Å². The number of amides is 4. The lowest BCUT2D eigenvalue weighted by atomic mass is 9.87. The molecule has 6 aromatic rings. The second-order valence-corrected chi connectivity index (χ2v) is 40.8. The van der Waals surface area contributed by atoms with Gasteiger partial charge in [0.05, 0.1) is 45.8 Å². The van der Waals surface area contributed by atoms with E-state index in [4.69, 9.17) is 0 Å². The molecule has 0 spiro atoms. The number of aromatic nitrogens is 4. The third-order valence-electron chi connectivity index (χ3n) is 16.0. The third-order valence-corrected chi connectivity index (χ3v) is 31.0. The highest BCUT2D eigenvalue weighted by molar-refractivity contribution is 7.94. The Balaban J connectivity index is 0.000000267. The van der Waals surface area contributed by atoms with Gasteiger partial charge in [-0.2, -0.15) is 0 Å². The molecule has 4 heterocycles. The summed E-state index contributed by atoms with van der Waals surface area (Å²) in [7, 11) is -14.0. The number of carbonyl (C=O) groups is 4. The van der Waals surface area contributed by atoms with Crippen molar-refractivity contribution in [1.82, 2.24) is 19.9 Å². The fourth-order valence-corrected chi connectivity index (χ4v) is 18.6. The minimum Gasteiger partial charge on any atom is -0.301 e. The molecule has 1 fully saturated rings. The van der Waals surface area contributed by atoms with E-state index in [2.05, 4.69) is 62.0 Å². The van der Waals surface area contributed by atoms with E-state index < -0.39 is 82.0 Å². The number of sulfone groups is 4. The summed E-state index contributed by atoms with van der Waals surface area (Å²) in [5, 5.41) is 14.5. The quantitative estimate of drug-likeness (QED) is 0.0438. The van der Waals surface area contributed by atoms with E-state index in [0.717, 1.165) is 67.8 Å². The van der Waals surface area contributed by atoms with Crippen LogP contribution in [0.5, 0.6) is 0 Å². The van der Waals surface area contributed by atoms with Gasteiger partial charge >= 0.3 is 0 Å². The average Bonchev–Trinajstić information content (AvgIpc) is 1.13.